The van der Waals surface area contributed by atoms with Crippen molar-refractivity contribution in [2.75, 3.05) is 0 Å². The Morgan fingerprint density at radius 1 is 1.47 bits per heavy atom. The predicted molar refractivity (Wildman–Crippen MR) is 77.2 cm³/mol. The zero-order chi connectivity index (χ0) is 14.0. The zero-order valence-corrected chi connectivity index (χ0v) is 13.2. The molecule has 2 N–H and O–H groups in total. The van der Waals surface area contributed by atoms with Gasteiger partial charge < -0.3 is 5.11 Å². The summed E-state index contributed by atoms with van der Waals surface area (Å²) in [5.41, 5.74) is 0.678. The van der Waals surface area contributed by atoms with Crippen molar-refractivity contribution < 1.29 is 13.5 Å². The van der Waals surface area contributed by atoms with Crippen molar-refractivity contribution in [3.63, 3.8) is 0 Å². The van der Waals surface area contributed by atoms with E-state index in [1.54, 1.807) is 12.1 Å². The van der Waals surface area contributed by atoms with E-state index < -0.39 is 10.0 Å². The van der Waals surface area contributed by atoms with Crippen molar-refractivity contribution in [3.8, 4) is 0 Å². The Morgan fingerprint density at radius 2 is 2.16 bits per heavy atom. The first-order valence-electron chi connectivity index (χ1n) is 6.34. The first-order valence-corrected chi connectivity index (χ1v) is 8.61. The molecule has 0 heterocycles. The minimum absolute atomic E-state index is 0.0538. The smallest absolute Gasteiger partial charge is 0.241 e. The summed E-state index contributed by atoms with van der Waals surface area (Å²) in [4.78, 5) is 0.215. The van der Waals surface area contributed by atoms with E-state index in [0.29, 0.717) is 16.0 Å². The van der Waals surface area contributed by atoms with E-state index in [-0.39, 0.29) is 17.5 Å². The van der Waals surface area contributed by atoms with Crippen LogP contribution in [0.15, 0.2) is 27.6 Å². The largest absolute Gasteiger partial charge is 0.392 e. The lowest BCUT2D eigenvalue weighted by atomic mass is 10.2. The van der Waals surface area contributed by atoms with Crippen LogP contribution in [0.25, 0.3) is 0 Å². The van der Waals surface area contributed by atoms with Gasteiger partial charge in [-0.3, -0.25) is 0 Å². The Morgan fingerprint density at radius 3 is 2.68 bits per heavy atom. The minimum Gasteiger partial charge on any atom is -0.392 e. The number of aliphatic hydroxyl groups excluding tert-OH is 1. The molecule has 1 aliphatic carbocycles. The van der Waals surface area contributed by atoms with Crippen molar-refractivity contribution in [2.24, 2.45) is 5.92 Å². The van der Waals surface area contributed by atoms with Crippen LogP contribution >= 0.6 is 15.9 Å². The van der Waals surface area contributed by atoms with Gasteiger partial charge in [0.05, 0.1) is 11.5 Å². The minimum atomic E-state index is -3.51. The maximum atomic E-state index is 12.3. The summed E-state index contributed by atoms with van der Waals surface area (Å²) in [6.07, 6.45) is 3.31. The molecule has 0 aromatic heterocycles. The Bertz CT molecular complexity index is 555. The highest BCUT2D eigenvalue weighted by molar-refractivity contribution is 9.10. The van der Waals surface area contributed by atoms with Crippen LogP contribution in [-0.4, -0.2) is 19.6 Å². The second-order valence-electron chi connectivity index (χ2n) is 5.12. The van der Waals surface area contributed by atoms with Crippen molar-refractivity contribution in [1.82, 2.24) is 4.72 Å². The first-order chi connectivity index (χ1) is 8.92. The molecule has 1 unspecified atom stereocenters. The Kier molecular flexibility index (Phi) is 4.66. The van der Waals surface area contributed by atoms with Crippen molar-refractivity contribution in [1.29, 1.82) is 0 Å². The highest BCUT2D eigenvalue weighted by atomic mass is 79.9. The lowest BCUT2D eigenvalue weighted by molar-refractivity contribution is 0.281. The molecule has 0 amide bonds. The molecular formula is C13H18BrNO3S. The summed E-state index contributed by atoms with van der Waals surface area (Å²) in [5.74, 6) is 0.679. The maximum Gasteiger partial charge on any atom is 0.241 e. The number of rotatable bonds is 6. The molecule has 19 heavy (non-hydrogen) atoms. The fourth-order valence-electron chi connectivity index (χ4n) is 2.09. The van der Waals surface area contributed by atoms with Gasteiger partial charge in [0, 0.05) is 10.5 Å². The third kappa shape index (κ3) is 4.02. The predicted octanol–water partition coefficient (Wildman–Crippen LogP) is 2.41. The van der Waals surface area contributed by atoms with Gasteiger partial charge in [-0.1, -0.05) is 18.9 Å². The molecule has 6 heteroatoms. The molecule has 1 saturated carbocycles. The van der Waals surface area contributed by atoms with Gasteiger partial charge in [0.2, 0.25) is 10.0 Å². The monoisotopic (exact) mass is 347 g/mol. The summed E-state index contributed by atoms with van der Waals surface area (Å²) < 4.78 is 27.7. The fourth-order valence-corrected chi connectivity index (χ4v) is 4.47. The topological polar surface area (TPSA) is 66.4 Å². The molecule has 106 valence electrons. The van der Waals surface area contributed by atoms with E-state index in [4.69, 9.17) is 5.11 Å². The normalized spacial score (nSPS) is 17.4. The number of aliphatic hydroxyl groups is 1. The first kappa shape index (κ1) is 15.0. The van der Waals surface area contributed by atoms with Gasteiger partial charge in [0.25, 0.3) is 0 Å². The summed E-state index contributed by atoms with van der Waals surface area (Å²) >= 11 is 3.25. The fraction of sp³-hybridized carbons (Fsp3) is 0.538. The zero-order valence-electron chi connectivity index (χ0n) is 10.8. The maximum absolute atomic E-state index is 12.3. The van der Waals surface area contributed by atoms with E-state index in [0.717, 1.165) is 6.42 Å². The van der Waals surface area contributed by atoms with Gasteiger partial charge in [-0.2, -0.15) is 0 Å². The molecule has 0 aliphatic heterocycles. The standard InChI is InChI=1S/C13H18BrNO3S/c1-9(6-10-2-3-10)15-19(17,18)13-5-4-11(8-16)7-12(13)14/h4-5,7,9-10,15-16H,2-3,6,8H2,1H3. The van der Waals surface area contributed by atoms with Crippen LogP contribution in [0.3, 0.4) is 0 Å². The number of benzene rings is 1. The van der Waals surface area contributed by atoms with E-state index in [2.05, 4.69) is 20.7 Å². The third-order valence-electron chi connectivity index (χ3n) is 3.21. The number of sulfonamides is 1. The van der Waals surface area contributed by atoms with Gasteiger partial charge in [-0.25, -0.2) is 13.1 Å². The highest BCUT2D eigenvalue weighted by Crippen LogP contribution is 2.34. The summed E-state index contributed by atoms with van der Waals surface area (Å²) in [7, 11) is -3.51. The lowest BCUT2D eigenvalue weighted by Crippen LogP contribution is -2.33. The van der Waals surface area contributed by atoms with Crippen molar-refractivity contribution in [2.45, 2.75) is 43.7 Å². The molecule has 2 rings (SSSR count). The molecule has 1 aliphatic rings. The number of nitrogens with one attached hydrogen (secondary N) is 1. The molecule has 1 aromatic carbocycles. The van der Waals surface area contributed by atoms with Gasteiger partial charge in [0.15, 0.2) is 0 Å². The van der Waals surface area contributed by atoms with Crippen LogP contribution < -0.4 is 4.72 Å². The number of halogens is 1. The molecule has 1 fully saturated rings. The summed E-state index contributed by atoms with van der Waals surface area (Å²) in [6.45, 7) is 1.79. The molecule has 0 bridgehead atoms. The van der Waals surface area contributed by atoms with Crippen LogP contribution in [0, 0.1) is 5.92 Å². The Labute approximate surface area is 122 Å². The molecular weight excluding hydrogens is 330 g/mol. The SMILES string of the molecule is CC(CC1CC1)NS(=O)(=O)c1ccc(CO)cc1Br. The van der Waals surface area contributed by atoms with Crippen LogP contribution in [0.4, 0.5) is 0 Å². The quantitative estimate of drug-likeness (QED) is 0.830. The van der Waals surface area contributed by atoms with Crippen LogP contribution in [0.5, 0.6) is 0 Å². The van der Waals surface area contributed by atoms with Crippen molar-refractivity contribution in [3.05, 3.63) is 28.2 Å². The van der Waals surface area contributed by atoms with Crippen molar-refractivity contribution >= 4 is 26.0 Å². The molecule has 4 nitrogen and oxygen atoms in total. The Balaban J connectivity index is 2.13. The summed E-state index contributed by atoms with van der Waals surface area (Å²) in [5, 5.41) is 9.02. The second kappa shape index (κ2) is 5.91. The highest BCUT2D eigenvalue weighted by Gasteiger charge is 2.27. The lowest BCUT2D eigenvalue weighted by Gasteiger charge is -2.15. The van der Waals surface area contributed by atoms with Crippen LogP contribution in [0.1, 0.15) is 31.7 Å². The Hall–Kier alpha value is -0.430. The van der Waals surface area contributed by atoms with E-state index in [9.17, 15) is 8.42 Å². The third-order valence-corrected chi connectivity index (χ3v) is 5.77. The molecule has 1 atom stereocenters. The van der Waals surface area contributed by atoms with Gasteiger partial charge in [-0.05, 0) is 52.9 Å². The molecule has 0 radical (unpaired) electrons. The summed E-state index contributed by atoms with van der Waals surface area (Å²) in [6, 6.07) is 4.70. The van der Waals surface area contributed by atoms with Gasteiger partial charge in [0.1, 0.15) is 0 Å². The molecule has 0 spiro atoms. The molecule has 0 saturated heterocycles. The number of hydrogen-bond donors (Lipinski definition) is 2. The van der Waals surface area contributed by atoms with Crippen LogP contribution in [0.2, 0.25) is 0 Å². The molecule has 1 aromatic rings. The average Bonchev–Trinajstić information content (AvgIpc) is 3.11. The van der Waals surface area contributed by atoms with E-state index in [1.165, 1.54) is 18.9 Å². The van der Waals surface area contributed by atoms with Gasteiger partial charge >= 0.3 is 0 Å². The van der Waals surface area contributed by atoms with E-state index >= 15 is 0 Å². The van der Waals surface area contributed by atoms with Gasteiger partial charge in [-0.15, -0.1) is 0 Å². The average molecular weight is 348 g/mol. The van der Waals surface area contributed by atoms with E-state index in [1.807, 2.05) is 6.92 Å². The van der Waals surface area contributed by atoms with Crippen LogP contribution in [-0.2, 0) is 16.6 Å². The number of hydrogen-bond acceptors (Lipinski definition) is 3. The second-order valence-corrected chi connectivity index (χ2v) is 7.66.